The zero-order chi connectivity index (χ0) is 18.8. The molecule has 0 aliphatic carbocycles. The normalized spacial score (nSPS) is 12.4. The van der Waals surface area contributed by atoms with Crippen LogP contribution >= 0.6 is 47.2 Å². The van der Waals surface area contributed by atoms with Gasteiger partial charge in [-0.3, -0.25) is 0 Å². The number of benzene rings is 1. The third-order valence-electron chi connectivity index (χ3n) is 2.74. The summed E-state index contributed by atoms with van der Waals surface area (Å²) >= 11 is 19.2. The standard InChI is InChI=1S/C14H14Cl2N2OS2.HNO3/c1-2-19-14(20)21-12(10-3-5-11(15)6-4-10)13(16)18-8-7-17-9-18;2-1(3)4/h3-9,12-13H,2H2,1H3;(H,2,3,4). The fourth-order valence-corrected chi connectivity index (χ4v) is 3.67. The minimum Gasteiger partial charge on any atom is -0.479 e. The van der Waals surface area contributed by atoms with Crippen molar-refractivity contribution in [3.63, 3.8) is 0 Å². The van der Waals surface area contributed by atoms with Gasteiger partial charge in [-0.15, -0.1) is 10.1 Å². The highest BCUT2D eigenvalue weighted by Gasteiger charge is 2.25. The van der Waals surface area contributed by atoms with Crippen LogP contribution in [0, 0.1) is 10.1 Å². The predicted molar refractivity (Wildman–Crippen MR) is 102 cm³/mol. The van der Waals surface area contributed by atoms with Gasteiger partial charge >= 0.3 is 0 Å². The molecule has 2 unspecified atom stereocenters. The fourth-order valence-electron chi connectivity index (χ4n) is 1.76. The van der Waals surface area contributed by atoms with Gasteiger partial charge in [0.2, 0.25) is 4.38 Å². The maximum atomic E-state index is 8.36. The van der Waals surface area contributed by atoms with E-state index in [0.29, 0.717) is 16.0 Å². The molecule has 0 bridgehead atoms. The summed E-state index contributed by atoms with van der Waals surface area (Å²) in [4.78, 5) is 12.4. The fraction of sp³-hybridized carbons (Fsp3) is 0.286. The molecule has 136 valence electrons. The molecule has 0 fully saturated rings. The summed E-state index contributed by atoms with van der Waals surface area (Å²) in [7, 11) is 0. The van der Waals surface area contributed by atoms with Crippen molar-refractivity contribution in [3.8, 4) is 0 Å². The van der Waals surface area contributed by atoms with Gasteiger partial charge in [-0.05, 0) is 36.8 Å². The maximum Gasteiger partial charge on any atom is 0.291 e. The van der Waals surface area contributed by atoms with Crippen molar-refractivity contribution in [2.45, 2.75) is 17.7 Å². The van der Waals surface area contributed by atoms with Gasteiger partial charge in [0.1, 0.15) is 5.50 Å². The molecule has 7 nitrogen and oxygen atoms in total. The Bertz CT molecular complexity index is 667. The van der Waals surface area contributed by atoms with Crippen LogP contribution in [0.1, 0.15) is 23.2 Å². The molecular weight excluding hydrogens is 409 g/mol. The molecule has 0 spiro atoms. The molecule has 2 rings (SSSR count). The minimum absolute atomic E-state index is 0.0998. The molecular formula is C14H15Cl2N3O4S2. The Kier molecular flexibility index (Phi) is 9.58. The van der Waals surface area contributed by atoms with Crippen LogP contribution in [0.15, 0.2) is 43.0 Å². The van der Waals surface area contributed by atoms with Crippen molar-refractivity contribution in [1.82, 2.24) is 9.55 Å². The van der Waals surface area contributed by atoms with Crippen LogP contribution < -0.4 is 0 Å². The topological polar surface area (TPSA) is 90.4 Å². The Labute approximate surface area is 164 Å². The molecule has 0 amide bonds. The summed E-state index contributed by atoms with van der Waals surface area (Å²) in [5.41, 5.74) is 0.692. The summed E-state index contributed by atoms with van der Waals surface area (Å²) in [5, 5.41) is 14.2. The second-order valence-corrected chi connectivity index (χ2v) is 7.02. The summed E-state index contributed by atoms with van der Waals surface area (Å²) in [6, 6.07) is 7.57. The largest absolute Gasteiger partial charge is 0.479 e. The Hall–Kier alpha value is -1.55. The Morgan fingerprint density at radius 3 is 2.60 bits per heavy atom. The molecule has 1 aromatic heterocycles. The average molecular weight is 424 g/mol. The van der Waals surface area contributed by atoms with Crippen molar-refractivity contribution in [2.24, 2.45) is 0 Å². The Morgan fingerprint density at radius 1 is 1.52 bits per heavy atom. The second-order valence-electron chi connectivity index (χ2n) is 4.39. The number of imidazole rings is 1. The highest BCUT2D eigenvalue weighted by Crippen LogP contribution is 2.42. The molecule has 11 heteroatoms. The molecule has 1 heterocycles. The monoisotopic (exact) mass is 423 g/mol. The third kappa shape index (κ3) is 7.91. The van der Waals surface area contributed by atoms with E-state index >= 15 is 0 Å². The molecule has 0 saturated heterocycles. The lowest BCUT2D eigenvalue weighted by Crippen LogP contribution is -2.12. The summed E-state index contributed by atoms with van der Waals surface area (Å²) in [6.07, 6.45) is 5.20. The van der Waals surface area contributed by atoms with Gasteiger partial charge in [0.25, 0.3) is 5.09 Å². The second kappa shape index (κ2) is 11.1. The van der Waals surface area contributed by atoms with Gasteiger partial charge in [-0.25, -0.2) is 4.98 Å². The molecule has 0 saturated carbocycles. The van der Waals surface area contributed by atoms with Gasteiger partial charge in [-0.2, -0.15) is 0 Å². The van der Waals surface area contributed by atoms with Crippen LogP contribution in [0.2, 0.25) is 5.02 Å². The molecule has 0 aliphatic heterocycles. The number of hydrogen-bond donors (Lipinski definition) is 1. The lowest BCUT2D eigenvalue weighted by atomic mass is 10.1. The van der Waals surface area contributed by atoms with E-state index in [0.717, 1.165) is 5.56 Å². The van der Waals surface area contributed by atoms with Crippen LogP contribution in [0.25, 0.3) is 0 Å². The van der Waals surface area contributed by atoms with E-state index in [1.54, 1.807) is 12.5 Å². The maximum absolute atomic E-state index is 8.36. The third-order valence-corrected chi connectivity index (χ3v) is 5.12. The zero-order valence-corrected chi connectivity index (χ0v) is 16.1. The van der Waals surface area contributed by atoms with Gasteiger partial charge in [0.05, 0.1) is 18.2 Å². The minimum atomic E-state index is -1.50. The summed E-state index contributed by atoms with van der Waals surface area (Å²) in [6.45, 7) is 2.44. The van der Waals surface area contributed by atoms with Crippen LogP contribution in [-0.2, 0) is 4.74 Å². The number of ether oxygens (including phenoxy) is 1. The smallest absolute Gasteiger partial charge is 0.291 e. The van der Waals surface area contributed by atoms with Crippen molar-refractivity contribution in [3.05, 3.63) is 63.7 Å². The molecule has 1 aromatic carbocycles. The van der Waals surface area contributed by atoms with Gasteiger partial charge in [0, 0.05) is 17.4 Å². The van der Waals surface area contributed by atoms with E-state index in [1.807, 2.05) is 42.0 Å². The first-order chi connectivity index (χ1) is 11.8. The van der Waals surface area contributed by atoms with Crippen molar-refractivity contribution in [1.29, 1.82) is 0 Å². The number of hydrogen-bond acceptors (Lipinski definition) is 6. The molecule has 1 N–H and O–H groups in total. The van der Waals surface area contributed by atoms with Crippen LogP contribution in [0.5, 0.6) is 0 Å². The van der Waals surface area contributed by atoms with Crippen molar-refractivity contribution < 1.29 is 15.0 Å². The zero-order valence-electron chi connectivity index (χ0n) is 13.0. The van der Waals surface area contributed by atoms with E-state index < -0.39 is 5.09 Å². The van der Waals surface area contributed by atoms with Gasteiger partial charge < -0.3 is 14.5 Å². The summed E-state index contributed by atoms with van der Waals surface area (Å²) in [5.74, 6) is 0. The van der Waals surface area contributed by atoms with Crippen molar-refractivity contribution >= 4 is 51.6 Å². The van der Waals surface area contributed by atoms with E-state index in [9.17, 15) is 0 Å². The highest BCUT2D eigenvalue weighted by atomic mass is 35.5. The van der Waals surface area contributed by atoms with E-state index in [-0.39, 0.29) is 10.8 Å². The molecule has 2 aromatic rings. The van der Waals surface area contributed by atoms with Crippen molar-refractivity contribution in [2.75, 3.05) is 6.61 Å². The Morgan fingerprint density at radius 2 is 2.12 bits per heavy atom. The number of halogens is 2. The first kappa shape index (κ1) is 21.5. The highest BCUT2D eigenvalue weighted by molar-refractivity contribution is 8.22. The first-order valence-electron chi connectivity index (χ1n) is 6.88. The number of rotatable bonds is 5. The van der Waals surface area contributed by atoms with E-state index in [4.69, 9.17) is 55.5 Å². The number of alkyl halides is 1. The summed E-state index contributed by atoms with van der Waals surface area (Å²) < 4.78 is 7.68. The number of thiocarbonyl (C=S) groups is 1. The molecule has 25 heavy (non-hydrogen) atoms. The molecule has 0 aliphatic rings. The number of aromatic nitrogens is 2. The van der Waals surface area contributed by atoms with E-state index in [1.165, 1.54) is 11.8 Å². The quantitative estimate of drug-likeness (QED) is 0.321. The Balaban J connectivity index is 0.000000705. The SMILES string of the molecule is CCOC(=S)SC(c1ccc(Cl)cc1)C(Cl)n1ccnc1.O=[N+]([O-])O. The van der Waals surface area contributed by atoms with E-state index in [2.05, 4.69) is 4.98 Å². The van der Waals surface area contributed by atoms with Gasteiger partial charge in [-0.1, -0.05) is 47.1 Å². The number of nitrogens with zero attached hydrogens (tertiary/aromatic N) is 3. The van der Waals surface area contributed by atoms with Gasteiger partial charge in [0.15, 0.2) is 0 Å². The molecule has 0 radical (unpaired) electrons. The predicted octanol–water partition coefficient (Wildman–Crippen LogP) is 4.72. The van der Waals surface area contributed by atoms with Crippen LogP contribution in [0.4, 0.5) is 0 Å². The van der Waals surface area contributed by atoms with Crippen LogP contribution in [0.3, 0.4) is 0 Å². The number of thioether (sulfide) groups is 1. The average Bonchev–Trinajstić information content (AvgIpc) is 3.07. The lowest BCUT2D eigenvalue weighted by molar-refractivity contribution is -0.742. The first-order valence-corrected chi connectivity index (χ1v) is 8.99. The lowest BCUT2D eigenvalue weighted by Gasteiger charge is -2.23. The molecule has 2 atom stereocenters. The van der Waals surface area contributed by atoms with Crippen LogP contribution in [-0.4, -0.2) is 30.8 Å².